The highest BCUT2D eigenvalue weighted by atomic mass is 16.5. The van der Waals surface area contributed by atoms with Crippen LogP contribution in [0, 0.1) is 46.3 Å². The summed E-state index contributed by atoms with van der Waals surface area (Å²) in [6.07, 6.45) is 13.8. The first-order valence-electron chi connectivity index (χ1n) is 12.8. The van der Waals surface area contributed by atoms with E-state index in [1.807, 2.05) is 0 Å². The van der Waals surface area contributed by atoms with Crippen LogP contribution < -0.4 is 0 Å². The van der Waals surface area contributed by atoms with Crippen LogP contribution >= 0.6 is 0 Å². The van der Waals surface area contributed by atoms with Gasteiger partial charge in [-0.1, -0.05) is 26.0 Å². The van der Waals surface area contributed by atoms with Crippen molar-refractivity contribution in [3.8, 4) is 0 Å². The average Bonchev–Trinajstić information content (AvgIpc) is 3.13. The van der Waals surface area contributed by atoms with E-state index in [2.05, 4.69) is 26.0 Å². The number of aliphatic hydroxyl groups excluding tert-OH is 1. The fraction of sp³-hybridized carbons (Fsp3) is 0.852. The second kappa shape index (κ2) is 9.12. The molecule has 0 aliphatic heterocycles. The van der Waals surface area contributed by atoms with Gasteiger partial charge in [0.15, 0.2) is 0 Å². The lowest BCUT2D eigenvalue weighted by Crippen LogP contribution is -2.55. The molecule has 0 amide bonds. The minimum absolute atomic E-state index is 0.0150. The predicted molar refractivity (Wildman–Crippen MR) is 123 cm³/mol. The third kappa shape index (κ3) is 3.93. The number of hydrogen-bond donors (Lipinski definition) is 1. The van der Waals surface area contributed by atoms with E-state index in [9.17, 15) is 14.7 Å². The fourth-order valence-electron chi connectivity index (χ4n) is 8.66. The summed E-state index contributed by atoms with van der Waals surface area (Å²) in [5.74, 6) is 2.86. The first-order chi connectivity index (χ1) is 15.2. The first-order valence-corrected chi connectivity index (χ1v) is 12.8. The molecule has 0 aromatic heterocycles. The molecule has 0 unspecified atom stereocenters. The number of methoxy groups -OCH3 is 1. The van der Waals surface area contributed by atoms with Gasteiger partial charge in [0.25, 0.3) is 0 Å². The van der Waals surface area contributed by atoms with Crippen molar-refractivity contribution >= 4 is 11.9 Å². The summed E-state index contributed by atoms with van der Waals surface area (Å²) in [7, 11) is 1.47. The number of rotatable bonds is 6. The van der Waals surface area contributed by atoms with Crippen molar-refractivity contribution in [3.05, 3.63) is 12.2 Å². The number of hydrogen-bond acceptors (Lipinski definition) is 5. The van der Waals surface area contributed by atoms with Crippen molar-refractivity contribution in [1.82, 2.24) is 0 Å². The number of carbonyl (C=O) groups is 2. The standard InChI is InChI=1S/C27H42O5/c1-17(5-10-25(30)31-4)22-8-9-23-21-7-6-19-15-20(32-18(2)29)11-14-27(19,16-28)24(21)12-13-26(22,23)3/h6-7,17,19-24,28H,5,8-16H2,1-4H3/t17-,19-,20-,21+,22-,23+,24+,26-,27-/m1/s1. The zero-order valence-electron chi connectivity index (χ0n) is 20.3. The molecule has 4 aliphatic carbocycles. The van der Waals surface area contributed by atoms with Gasteiger partial charge in [-0.25, -0.2) is 0 Å². The van der Waals surface area contributed by atoms with Crippen LogP contribution in [-0.2, 0) is 19.1 Å². The summed E-state index contributed by atoms with van der Waals surface area (Å²) in [5, 5.41) is 10.7. The van der Waals surface area contributed by atoms with Gasteiger partial charge in [-0.05, 0) is 92.3 Å². The van der Waals surface area contributed by atoms with E-state index >= 15 is 0 Å². The summed E-state index contributed by atoms with van der Waals surface area (Å²) in [5.41, 5.74) is 0.242. The van der Waals surface area contributed by atoms with Crippen LogP contribution in [0.3, 0.4) is 0 Å². The van der Waals surface area contributed by atoms with Crippen LogP contribution in [0.15, 0.2) is 12.2 Å². The number of fused-ring (bicyclic) bond motifs is 5. The maximum atomic E-state index is 11.7. The molecule has 0 radical (unpaired) electrons. The van der Waals surface area contributed by atoms with Gasteiger partial charge in [0.2, 0.25) is 0 Å². The summed E-state index contributed by atoms with van der Waals surface area (Å²) >= 11 is 0. The van der Waals surface area contributed by atoms with Crippen LogP contribution in [0.2, 0.25) is 0 Å². The van der Waals surface area contributed by atoms with E-state index in [1.165, 1.54) is 33.3 Å². The highest BCUT2D eigenvalue weighted by molar-refractivity contribution is 5.69. The van der Waals surface area contributed by atoms with Crippen LogP contribution in [0.1, 0.15) is 78.6 Å². The third-order valence-corrected chi connectivity index (χ3v) is 10.2. The first kappa shape index (κ1) is 23.8. The minimum atomic E-state index is -0.198. The quantitative estimate of drug-likeness (QED) is 0.463. The van der Waals surface area contributed by atoms with Crippen molar-refractivity contribution in [1.29, 1.82) is 0 Å². The molecule has 3 saturated carbocycles. The van der Waals surface area contributed by atoms with E-state index < -0.39 is 0 Å². The van der Waals surface area contributed by atoms with Crippen LogP contribution in [0.4, 0.5) is 0 Å². The van der Waals surface area contributed by atoms with Gasteiger partial charge in [0.05, 0.1) is 7.11 Å². The summed E-state index contributed by atoms with van der Waals surface area (Å²) in [6.45, 7) is 6.55. The topological polar surface area (TPSA) is 72.8 Å². The van der Waals surface area contributed by atoms with Crippen molar-refractivity contribution in [2.45, 2.75) is 84.7 Å². The molecule has 4 rings (SSSR count). The lowest BCUT2D eigenvalue weighted by molar-refractivity contribution is -0.156. The Balaban J connectivity index is 1.52. The number of esters is 2. The van der Waals surface area contributed by atoms with Crippen molar-refractivity contribution in [2.75, 3.05) is 13.7 Å². The van der Waals surface area contributed by atoms with E-state index in [0.717, 1.165) is 32.1 Å². The molecule has 0 spiro atoms. The Bertz CT molecular complexity index is 746. The van der Waals surface area contributed by atoms with Crippen molar-refractivity contribution in [3.63, 3.8) is 0 Å². The van der Waals surface area contributed by atoms with E-state index in [-0.39, 0.29) is 30.1 Å². The Kier molecular flexibility index (Phi) is 6.78. The molecule has 3 fully saturated rings. The van der Waals surface area contributed by atoms with E-state index in [4.69, 9.17) is 9.47 Å². The highest BCUT2D eigenvalue weighted by Crippen LogP contribution is 2.67. The third-order valence-electron chi connectivity index (χ3n) is 10.2. The minimum Gasteiger partial charge on any atom is -0.469 e. The Labute approximate surface area is 193 Å². The monoisotopic (exact) mass is 446 g/mol. The number of allylic oxidation sites excluding steroid dienone is 2. The normalized spacial score (nSPS) is 43.5. The number of ether oxygens (including phenoxy) is 2. The summed E-state index contributed by atoms with van der Waals surface area (Å²) in [4.78, 5) is 23.2. The molecule has 0 heterocycles. The SMILES string of the molecule is COC(=O)CC[C@@H](C)[C@H]1CC[C@H]2[C@@H]3C=C[C@@H]4C[C@H](OC(C)=O)CC[C@]4(CO)[C@H]3CC[C@]12C. The molecule has 1 N–H and O–H groups in total. The largest absolute Gasteiger partial charge is 0.469 e. The second-order valence-electron chi connectivity index (χ2n) is 11.5. The molecule has 5 heteroatoms. The van der Waals surface area contributed by atoms with Gasteiger partial charge < -0.3 is 14.6 Å². The summed E-state index contributed by atoms with van der Waals surface area (Å²) < 4.78 is 10.4. The van der Waals surface area contributed by atoms with Crippen LogP contribution in [0.5, 0.6) is 0 Å². The van der Waals surface area contributed by atoms with Crippen molar-refractivity contribution in [2.24, 2.45) is 46.3 Å². The molecule has 0 aromatic rings. The Morgan fingerprint density at radius 1 is 1.12 bits per heavy atom. The lowest BCUT2D eigenvalue weighted by Gasteiger charge is -2.59. The molecule has 180 valence electrons. The van der Waals surface area contributed by atoms with Gasteiger partial charge in [-0.3, -0.25) is 9.59 Å². The molecule has 5 nitrogen and oxygen atoms in total. The van der Waals surface area contributed by atoms with Crippen molar-refractivity contribution < 1.29 is 24.2 Å². The Hall–Kier alpha value is -1.36. The Morgan fingerprint density at radius 3 is 2.59 bits per heavy atom. The lowest BCUT2D eigenvalue weighted by atomic mass is 9.46. The maximum absolute atomic E-state index is 11.7. The molecular formula is C27H42O5. The zero-order chi connectivity index (χ0) is 23.1. The van der Waals surface area contributed by atoms with Gasteiger partial charge in [-0.2, -0.15) is 0 Å². The van der Waals surface area contributed by atoms with Gasteiger partial charge >= 0.3 is 11.9 Å². The zero-order valence-corrected chi connectivity index (χ0v) is 20.3. The van der Waals surface area contributed by atoms with Gasteiger partial charge in [-0.15, -0.1) is 0 Å². The van der Waals surface area contributed by atoms with Crippen LogP contribution in [0.25, 0.3) is 0 Å². The van der Waals surface area contributed by atoms with Gasteiger partial charge in [0.1, 0.15) is 6.10 Å². The Morgan fingerprint density at radius 2 is 1.91 bits per heavy atom. The predicted octanol–water partition coefficient (Wildman–Crippen LogP) is 4.91. The van der Waals surface area contributed by atoms with E-state index in [1.54, 1.807) is 0 Å². The average molecular weight is 447 g/mol. The van der Waals surface area contributed by atoms with Crippen LogP contribution in [-0.4, -0.2) is 36.9 Å². The molecule has 4 aliphatic rings. The molecule has 32 heavy (non-hydrogen) atoms. The molecule has 0 bridgehead atoms. The molecule has 0 saturated heterocycles. The summed E-state index contributed by atoms with van der Waals surface area (Å²) in [6, 6.07) is 0. The smallest absolute Gasteiger partial charge is 0.305 e. The maximum Gasteiger partial charge on any atom is 0.305 e. The number of carbonyl (C=O) groups excluding carboxylic acids is 2. The van der Waals surface area contributed by atoms with Gasteiger partial charge in [0, 0.05) is 25.4 Å². The van der Waals surface area contributed by atoms with E-state index in [0.29, 0.717) is 47.3 Å². The highest BCUT2D eigenvalue weighted by Gasteiger charge is 2.60. The molecular weight excluding hydrogens is 404 g/mol. The second-order valence-corrected chi connectivity index (χ2v) is 11.5. The number of aliphatic hydroxyl groups is 1. The molecule has 9 atom stereocenters. The fourth-order valence-corrected chi connectivity index (χ4v) is 8.66. The molecule has 0 aromatic carbocycles.